The maximum atomic E-state index is 13.3. The van der Waals surface area contributed by atoms with Gasteiger partial charge in [0.05, 0.1) is 12.7 Å². The normalized spacial score (nSPS) is 22.0. The fraction of sp³-hybridized carbons (Fsp3) is 0.533. The molecule has 2 aromatic carbocycles. The number of anilines is 1. The van der Waals surface area contributed by atoms with Crippen molar-refractivity contribution in [1.29, 1.82) is 0 Å². The van der Waals surface area contributed by atoms with Gasteiger partial charge < -0.3 is 25.4 Å². The Labute approximate surface area is 226 Å². The average molecular weight is 523 g/mol. The number of nitrogens with one attached hydrogen (secondary N) is 1. The number of nitrogens with two attached hydrogens (primary N) is 1. The Balaban J connectivity index is 1.26. The third kappa shape index (κ3) is 7.71. The molecule has 1 unspecified atom stereocenters. The van der Waals surface area contributed by atoms with E-state index in [0.717, 1.165) is 68.9 Å². The first-order valence-electron chi connectivity index (χ1n) is 13.8. The SMILES string of the molecule is Cc1cc(N(C)C(=O)C2CCC(Oc3cccc(CCOC(N)=O)c3)CC2)ccc1CN1CCNC(C)C1. The minimum absolute atomic E-state index is 0.0134. The van der Waals surface area contributed by atoms with E-state index in [1.165, 1.54) is 11.1 Å². The van der Waals surface area contributed by atoms with Crippen molar-refractivity contribution < 1.29 is 19.1 Å². The van der Waals surface area contributed by atoms with Gasteiger partial charge in [0.15, 0.2) is 0 Å². The first kappa shape index (κ1) is 27.9. The van der Waals surface area contributed by atoms with Crippen molar-refractivity contribution in [3.8, 4) is 5.75 Å². The summed E-state index contributed by atoms with van der Waals surface area (Å²) in [6.45, 7) is 8.72. The van der Waals surface area contributed by atoms with E-state index >= 15 is 0 Å². The van der Waals surface area contributed by atoms with Crippen LogP contribution in [0.4, 0.5) is 10.5 Å². The number of hydrogen-bond donors (Lipinski definition) is 2. The van der Waals surface area contributed by atoms with E-state index in [-0.39, 0.29) is 24.5 Å². The highest BCUT2D eigenvalue weighted by Crippen LogP contribution is 2.31. The Kier molecular flexibility index (Phi) is 9.63. The third-order valence-corrected chi connectivity index (χ3v) is 7.75. The zero-order valence-corrected chi connectivity index (χ0v) is 22.9. The molecule has 8 heteroatoms. The van der Waals surface area contributed by atoms with E-state index in [0.29, 0.717) is 12.5 Å². The summed E-state index contributed by atoms with van der Waals surface area (Å²) >= 11 is 0. The molecule has 1 aliphatic carbocycles. The lowest BCUT2D eigenvalue weighted by atomic mass is 9.86. The van der Waals surface area contributed by atoms with Gasteiger partial charge in [-0.05, 0) is 80.5 Å². The second-order valence-corrected chi connectivity index (χ2v) is 10.8. The van der Waals surface area contributed by atoms with E-state index in [4.69, 9.17) is 15.2 Å². The minimum atomic E-state index is -0.762. The first-order chi connectivity index (χ1) is 18.3. The van der Waals surface area contributed by atoms with Crippen LogP contribution in [0.3, 0.4) is 0 Å². The van der Waals surface area contributed by atoms with E-state index in [1.54, 1.807) is 0 Å². The second kappa shape index (κ2) is 13.1. The van der Waals surface area contributed by atoms with Gasteiger partial charge in [-0.15, -0.1) is 0 Å². The van der Waals surface area contributed by atoms with Crippen molar-refractivity contribution >= 4 is 17.7 Å². The summed E-state index contributed by atoms with van der Waals surface area (Å²) in [4.78, 5) is 28.4. The lowest BCUT2D eigenvalue weighted by Gasteiger charge is -2.32. The van der Waals surface area contributed by atoms with Crippen molar-refractivity contribution in [2.24, 2.45) is 11.7 Å². The van der Waals surface area contributed by atoms with Crippen LogP contribution in [-0.2, 0) is 22.5 Å². The molecule has 0 radical (unpaired) electrons. The molecule has 2 aliphatic rings. The molecule has 2 aromatic rings. The largest absolute Gasteiger partial charge is 0.490 e. The van der Waals surface area contributed by atoms with Crippen molar-refractivity contribution in [3.63, 3.8) is 0 Å². The Bertz CT molecular complexity index is 1100. The maximum Gasteiger partial charge on any atom is 0.404 e. The van der Waals surface area contributed by atoms with Crippen LogP contribution in [-0.4, -0.2) is 62.3 Å². The average Bonchev–Trinajstić information content (AvgIpc) is 2.89. The molecule has 8 nitrogen and oxygen atoms in total. The van der Waals surface area contributed by atoms with Gasteiger partial charge in [0.1, 0.15) is 5.75 Å². The van der Waals surface area contributed by atoms with Gasteiger partial charge in [-0.2, -0.15) is 0 Å². The van der Waals surface area contributed by atoms with Gasteiger partial charge in [-0.3, -0.25) is 9.69 Å². The molecule has 4 rings (SSSR count). The van der Waals surface area contributed by atoms with Crippen LogP contribution in [0.5, 0.6) is 5.75 Å². The van der Waals surface area contributed by atoms with Gasteiger partial charge in [-0.25, -0.2) is 4.79 Å². The molecular weight excluding hydrogens is 480 g/mol. The Morgan fingerprint density at radius 1 is 1.13 bits per heavy atom. The number of carbonyl (C=O) groups excluding carboxylic acids is 2. The smallest absolute Gasteiger partial charge is 0.404 e. The van der Waals surface area contributed by atoms with Crippen molar-refractivity contribution in [1.82, 2.24) is 10.2 Å². The molecule has 3 N–H and O–H groups in total. The molecule has 2 fully saturated rings. The quantitative estimate of drug-likeness (QED) is 0.516. The monoisotopic (exact) mass is 522 g/mol. The molecular formula is C30H42N4O4. The van der Waals surface area contributed by atoms with E-state index < -0.39 is 6.09 Å². The fourth-order valence-electron chi connectivity index (χ4n) is 5.53. The summed E-state index contributed by atoms with van der Waals surface area (Å²) in [5.41, 5.74) is 9.57. The van der Waals surface area contributed by atoms with Crippen LogP contribution < -0.4 is 20.7 Å². The van der Waals surface area contributed by atoms with E-state index in [2.05, 4.69) is 42.3 Å². The molecule has 1 saturated carbocycles. The van der Waals surface area contributed by atoms with Crippen molar-refractivity contribution in [3.05, 3.63) is 59.2 Å². The van der Waals surface area contributed by atoms with Gasteiger partial charge >= 0.3 is 6.09 Å². The molecule has 0 bridgehead atoms. The summed E-state index contributed by atoms with van der Waals surface area (Å²) in [5.74, 6) is 1.00. The Hall–Kier alpha value is -3.10. The standard InChI is InChI=1S/C30H42N4O4/c1-21-17-26(10-7-25(21)20-34-15-14-32-22(2)19-34)33(3)29(35)24-8-11-27(12-9-24)38-28-6-4-5-23(18-28)13-16-37-30(31)36/h4-7,10,17-18,22,24,27,32H,8-9,11-16,19-20H2,1-3H3,(H2,31,36). The molecule has 206 valence electrons. The van der Waals surface area contributed by atoms with Gasteiger partial charge in [-0.1, -0.05) is 18.2 Å². The van der Waals surface area contributed by atoms with Gasteiger partial charge in [0.25, 0.3) is 0 Å². The van der Waals surface area contributed by atoms with Crippen LogP contribution in [0.15, 0.2) is 42.5 Å². The van der Waals surface area contributed by atoms with Crippen LogP contribution in [0.25, 0.3) is 0 Å². The summed E-state index contributed by atoms with van der Waals surface area (Å²) in [7, 11) is 1.89. The number of primary amides is 1. The third-order valence-electron chi connectivity index (χ3n) is 7.75. The summed E-state index contributed by atoms with van der Waals surface area (Å²) in [5, 5.41) is 3.50. The lowest BCUT2D eigenvalue weighted by Crippen LogP contribution is -2.48. The predicted molar refractivity (Wildman–Crippen MR) is 149 cm³/mol. The van der Waals surface area contributed by atoms with Crippen molar-refractivity contribution in [2.75, 3.05) is 38.2 Å². The zero-order valence-electron chi connectivity index (χ0n) is 22.9. The Morgan fingerprint density at radius 3 is 2.63 bits per heavy atom. The molecule has 1 saturated heterocycles. The number of benzene rings is 2. The van der Waals surface area contributed by atoms with Crippen LogP contribution in [0, 0.1) is 12.8 Å². The number of amides is 2. The number of hydrogen-bond acceptors (Lipinski definition) is 6. The minimum Gasteiger partial charge on any atom is -0.490 e. The van der Waals surface area contributed by atoms with Crippen LogP contribution >= 0.6 is 0 Å². The molecule has 1 atom stereocenters. The lowest BCUT2D eigenvalue weighted by molar-refractivity contribution is -0.123. The number of aryl methyl sites for hydroxylation is 1. The number of nitrogens with zero attached hydrogens (tertiary/aromatic N) is 2. The summed E-state index contributed by atoms with van der Waals surface area (Å²) < 4.78 is 11.1. The molecule has 2 amide bonds. The number of ether oxygens (including phenoxy) is 2. The molecule has 1 heterocycles. The number of piperazine rings is 1. The van der Waals surface area contributed by atoms with Crippen LogP contribution in [0.2, 0.25) is 0 Å². The highest BCUT2D eigenvalue weighted by Gasteiger charge is 2.30. The summed E-state index contributed by atoms with van der Waals surface area (Å²) in [6.07, 6.45) is 3.25. The number of carbonyl (C=O) groups is 2. The Morgan fingerprint density at radius 2 is 1.92 bits per heavy atom. The first-order valence-corrected chi connectivity index (χ1v) is 13.8. The topological polar surface area (TPSA) is 97.1 Å². The van der Waals surface area contributed by atoms with Crippen molar-refractivity contribution in [2.45, 2.75) is 64.6 Å². The maximum absolute atomic E-state index is 13.3. The molecule has 0 aromatic heterocycles. The zero-order chi connectivity index (χ0) is 27.1. The molecule has 38 heavy (non-hydrogen) atoms. The highest BCUT2D eigenvalue weighted by molar-refractivity contribution is 5.94. The molecule has 0 spiro atoms. The van der Waals surface area contributed by atoms with Gasteiger partial charge in [0, 0.05) is 57.3 Å². The number of rotatable bonds is 9. The van der Waals surface area contributed by atoms with E-state index in [9.17, 15) is 9.59 Å². The second-order valence-electron chi connectivity index (χ2n) is 10.8. The predicted octanol–water partition coefficient (Wildman–Crippen LogP) is 4.03. The highest BCUT2D eigenvalue weighted by atomic mass is 16.5. The fourth-order valence-corrected chi connectivity index (χ4v) is 5.53. The molecule has 1 aliphatic heterocycles. The van der Waals surface area contributed by atoms with E-state index in [1.807, 2.05) is 36.2 Å². The van der Waals surface area contributed by atoms with Crippen LogP contribution in [0.1, 0.15) is 49.3 Å². The summed E-state index contributed by atoms with van der Waals surface area (Å²) in [6, 6.07) is 14.8. The van der Waals surface area contributed by atoms with Gasteiger partial charge in [0.2, 0.25) is 5.91 Å².